The molecule has 0 aromatic heterocycles. The maximum atomic E-state index is 13.9. The number of nitrogens with one attached hydrogen (secondary N) is 1. The van der Waals surface area contributed by atoms with Crippen molar-refractivity contribution in [3.63, 3.8) is 0 Å². The summed E-state index contributed by atoms with van der Waals surface area (Å²) < 4.78 is 27.7. The van der Waals surface area contributed by atoms with E-state index in [-0.39, 0.29) is 16.6 Å². The molecule has 0 amide bonds. The van der Waals surface area contributed by atoms with Crippen LogP contribution in [0.4, 0.5) is 8.78 Å². The topological polar surface area (TPSA) is 12.0 Å². The van der Waals surface area contributed by atoms with Crippen LogP contribution in [-0.2, 0) is 6.42 Å². The zero-order valence-corrected chi connectivity index (χ0v) is 10.6. The molecule has 1 aromatic rings. The molecule has 1 aliphatic heterocycles. The first kappa shape index (κ1) is 12.8. The van der Waals surface area contributed by atoms with Crippen molar-refractivity contribution in [3.05, 3.63) is 33.9 Å². The third-order valence-electron chi connectivity index (χ3n) is 3.29. The molecule has 1 unspecified atom stereocenters. The fourth-order valence-electron chi connectivity index (χ4n) is 2.32. The van der Waals surface area contributed by atoms with Gasteiger partial charge in [0.25, 0.3) is 0 Å². The van der Waals surface area contributed by atoms with Gasteiger partial charge in [-0.2, -0.15) is 0 Å². The van der Waals surface area contributed by atoms with Crippen molar-refractivity contribution in [1.29, 1.82) is 0 Å². The van der Waals surface area contributed by atoms with Gasteiger partial charge in [0.1, 0.15) is 11.6 Å². The molecule has 94 valence electrons. The van der Waals surface area contributed by atoms with E-state index in [2.05, 4.69) is 5.32 Å². The number of piperidine rings is 1. The van der Waals surface area contributed by atoms with Crippen molar-refractivity contribution in [1.82, 2.24) is 5.32 Å². The molecule has 4 heteroatoms. The van der Waals surface area contributed by atoms with Crippen molar-refractivity contribution < 1.29 is 8.78 Å². The zero-order valence-electron chi connectivity index (χ0n) is 9.82. The van der Waals surface area contributed by atoms with Crippen molar-refractivity contribution in [2.24, 2.45) is 0 Å². The molecule has 2 rings (SSSR count). The molecule has 1 saturated heterocycles. The van der Waals surface area contributed by atoms with Gasteiger partial charge in [0.15, 0.2) is 0 Å². The van der Waals surface area contributed by atoms with Crippen molar-refractivity contribution in [2.45, 2.75) is 38.6 Å². The van der Waals surface area contributed by atoms with Crippen LogP contribution in [0.1, 0.15) is 30.4 Å². The molecule has 1 atom stereocenters. The number of rotatable bonds is 2. The second-order valence-corrected chi connectivity index (χ2v) is 5.04. The Hall–Kier alpha value is -0.670. The molecule has 17 heavy (non-hydrogen) atoms. The maximum absolute atomic E-state index is 13.9. The van der Waals surface area contributed by atoms with Crippen molar-refractivity contribution >= 4 is 11.6 Å². The summed E-state index contributed by atoms with van der Waals surface area (Å²) in [6.45, 7) is 2.53. The van der Waals surface area contributed by atoms with E-state index in [1.54, 1.807) is 6.92 Å². The summed E-state index contributed by atoms with van der Waals surface area (Å²) in [7, 11) is 0. The van der Waals surface area contributed by atoms with E-state index < -0.39 is 11.6 Å². The Labute approximate surface area is 105 Å². The summed E-state index contributed by atoms with van der Waals surface area (Å²) >= 11 is 5.75. The molecule has 1 aromatic carbocycles. The number of hydrogen-bond acceptors (Lipinski definition) is 1. The molecule has 0 radical (unpaired) electrons. The van der Waals surface area contributed by atoms with Crippen LogP contribution in [0.2, 0.25) is 5.02 Å². The summed E-state index contributed by atoms with van der Waals surface area (Å²) in [5, 5.41) is 3.29. The maximum Gasteiger partial charge on any atom is 0.147 e. The monoisotopic (exact) mass is 259 g/mol. The summed E-state index contributed by atoms with van der Waals surface area (Å²) in [5.41, 5.74) is 0.525. The van der Waals surface area contributed by atoms with Gasteiger partial charge in [-0.05, 0) is 44.4 Å². The first-order valence-electron chi connectivity index (χ1n) is 5.96. The Morgan fingerprint density at radius 2 is 2.12 bits per heavy atom. The van der Waals surface area contributed by atoms with Gasteiger partial charge >= 0.3 is 0 Å². The van der Waals surface area contributed by atoms with E-state index in [1.165, 1.54) is 6.07 Å². The first-order valence-corrected chi connectivity index (χ1v) is 6.33. The smallest absolute Gasteiger partial charge is 0.147 e. The van der Waals surface area contributed by atoms with Gasteiger partial charge in [-0.1, -0.05) is 18.0 Å². The number of aryl methyl sites for hydroxylation is 1. The molecule has 0 saturated carbocycles. The largest absolute Gasteiger partial charge is 0.314 e. The average Bonchev–Trinajstić information content (AvgIpc) is 2.33. The van der Waals surface area contributed by atoms with Crippen molar-refractivity contribution in [3.8, 4) is 0 Å². The molecule has 1 heterocycles. The predicted molar refractivity (Wildman–Crippen MR) is 65.5 cm³/mol. The highest BCUT2D eigenvalue weighted by molar-refractivity contribution is 6.30. The van der Waals surface area contributed by atoms with Gasteiger partial charge < -0.3 is 5.32 Å². The lowest BCUT2D eigenvalue weighted by molar-refractivity contribution is 0.389. The number of hydrogen-bond donors (Lipinski definition) is 1. The highest BCUT2D eigenvalue weighted by Crippen LogP contribution is 2.26. The van der Waals surface area contributed by atoms with Crippen LogP contribution in [0.15, 0.2) is 6.07 Å². The second-order valence-electron chi connectivity index (χ2n) is 4.63. The highest BCUT2D eigenvalue weighted by Gasteiger charge is 2.20. The Morgan fingerprint density at radius 3 is 2.76 bits per heavy atom. The van der Waals surface area contributed by atoms with Crippen LogP contribution in [0.3, 0.4) is 0 Å². The quantitative estimate of drug-likeness (QED) is 0.800. The van der Waals surface area contributed by atoms with Crippen LogP contribution >= 0.6 is 11.6 Å². The van der Waals surface area contributed by atoms with E-state index in [9.17, 15) is 8.78 Å². The van der Waals surface area contributed by atoms with Gasteiger partial charge in [0.2, 0.25) is 0 Å². The zero-order chi connectivity index (χ0) is 12.4. The van der Waals surface area contributed by atoms with E-state index in [0.29, 0.717) is 12.0 Å². The minimum absolute atomic E-state index is 0.00899. The highest BCUT2D eigenvalue weighted by atomic mass is 35.5. The van der Waals surface area contributed by atoms with Crippen LogP contribution in [-0.4, -0.2) is 12.6 Å². The van der Waals surface area contributed by atoms with Crippen LogP contribution < -0.4 is 5.32 Å². The molecule has 1 N–H and O–H groups in total. The van der Waals surface area contributed by atoms with E-state index in [1.807, 2.05) is 0 Å². The Morgan fingerprint density at radius 1 is 1.35 bits per heavy atom. The second kappa shape index (κ2) is 5.32. The molecule has 1 fully saturated rings. The molecule has 0 bridgehead atoms. The van der Waals surface area contributed by atoms with Crippen molar-refractivity contribution in [2.75, 3.05) is 6.54 Å². The Kier molecular flexibility index (Phi) is 4.00. The standard InChI is InChI=1S/C13H16ClF2N/c1-8-6-11(14)13(16)10(12(8)15)7-9-4-2-3-5-17-9/h6,9,17H,2-5,7H2,1H3. The van der Waals surface area contributed by atoms with E-state index in [0.717, 1.165) is 25.8 Å². The third-order valence-corrected chi connectivity index (χ3v) is 3.57. The van der Waals surface area contributed by atoms with Crippen LogP contribution in [0.25, 0.3) is 0 Å². The molecular weight excluding hydrogens is 244 g/mol. The number of halogens is 3. The molecular formula is C13H16ClF2N. The summed E-state index contributed by atoms with van der Waals surface area (Å²) in [5.74, 6) is -1.07. The SMILES string of the molecule is Cc1cc(Cl)c(F)c(CC2CCCCN2)c1F. The van der Waals surface area contributed by atoms with Gasteiger partial charge in [-0.25, -0.2) is 8.78 Å². The fraction of sp³-hybridized carbons (Fsp3) is 0.538. The lowest BCUT2D eigenvalue weighted by Gasteiger charge is -2.24. The molecule has 1 aliphatic rings. The van der Waals surface area contributed by atoms with Crippen LogP contribution in [0, 0.1) is 18.6 Å². The van der Waals surface area contributed by atoms with E-state index >= 15 is 0 Å². The predicted octanol–water partition coefficient (Wildman–Crippen LogP) is 3.61. The summed E-state index contributed by atoms with van der Waals surface area (Å²) in [4.78, 5) is 0. The van der Waals surface area contributed by atoms with Crippen LogP contribution in [0.5, 0.6) is 0 Å². The van der Waals surface area contributed by atoms with Gasteiger partial charge in [0, 0.05) is 11.6 Å². The number of benzene rings is 1. The summed E-state index contributed by atoms with van der Waals surface area (Å²) in [6, 6.07) is 1.50. The lowest BCUT2D eigenvalue weighted by atomic mass is 9.96. The Bertz CT molecular complexity index is 388. The molecule has 0 aliphatic carbocycles. The summed E-state index contributed by atoms with van der Waals surface area (Å²) in [6.07, 6.45) is 3.58. The fourth-order valence-corrected chi connectivity index (χ4v) is 2.60. The lowest BCUT2D eigenvalue weighted by Crippen LogP contribution is -2.36. The normalized spacial score (nSPS) is 20.6. The minimum atomic E-state index is -0.609. The first-order chi connectivity index (χ1) is 8.09. The Balaban J connectivity index is 2.24. The minimum Gasteiger partial charge on any atom is -0.314 e. The van der Waals surface area contributed by atoms with E-state index in [4.69, 9.17) is 11.6 Å². The van der Waals surface area contributed by atoms with Gasteiger partial charge in [-0.15, -0.1) is 0 Å². The molecule has 0 spiro atoms. The third kappa shape index (κ3) is 2.78. The van der Waals surface area contributed by atoms with Gasteiger partial charge in [-0.3, -0.25) is 0 Å². The van der Waals surface area contributed by atoms with Gasteiger partial charge in [0.05, 0.1) is 5.02 Å². The molecule has 1 nitrogen and oxygen atoms in total. The average molecular weight is 260 g/mol.